The smallest absolute Gasteiger partial charge is 0.0837 e. The van der Waals surface area contributed by atoms with Gasteiger partial charge in [-0.2, -0.15) is 0 Å². The van der Waals surface area contributed by atoms with Crippen LogP contribution in [-0.2, 0) is 0 Å². The van der Waals surface area contributed by atoms with Crippen LogP contribution in [-0.4, -0.2) is 18.5 Å². The second-order valence-electron chi connectivity index (χ2n) is 2.94. The van der Waals surface area contributed by atoms with Crippen LogP contribution < -0.4 is 0 Å². The molecule has 0 fully saturated rings. The van der Waals surface area contributed by atoms with E-state index in [4.69, 9.17) is 0 Å². The van der Waals surface area contributed by atoms with Crippen molar-refractivity contribution in [2.24, 2.45) is 9.98 Å². The number of dihydropyridines is 1. The normalized spacial score (nSPS) is 22.0. The van der Waals surface area contributed by atoms with E-state index in [2.05, 4.69) is 28.2 Å². The second-order valence-corrected chi connectivity index (χ2v) is 2.94. The van der Waals surface area contributed by atoms with Gasteiger partial charge in [0.15, 0.2) is 0 Å². The first-order chi connectivity index (χ1) is 5.97. The fraction of sp³-hybridized carbons (Fsp3) is 0.400. The maximum absolute atomic E-state index is 4.40. The molecule has 0 atom stereocenters. The van der Waals surface area contributed by atoms with Gasteiger partial charge in [0.2, 0.25) is 0 Å². The molecule has 2 aliphatic heterocycles. The fourth-order valence-electron chi connectivity index (χ4n) is 1.35. The third-order valence-electron chi connectivity index (χ3n) is 1.98. The molecule has 0 aromatic heterocycles. The summed E-state index contributed by atoms with van der Waals surface area (Å²) >= 11 is 0. The third-order valence-corrected chi connectivity index (χ3v) is 1.98. The van der Waals surface area contributed by atoms with Crippen LogP contribution in [0.5, 0.6) is 0 Å². The number of hydrogen-bond acceptors (Lipinski definition) is 2. The Morgan fingerprint density at radius 2 is 2.17 bits per heavy atom. The molecule has 2 rings (SSSR count). The molecule has 0 saturated heterocycles. The van der Waals surface area contributed by atoms with Crippen molar-refractivity contribution in [3.8, 4) is 0 Å². The highest BCUT2D eigenvalue weighted by molar-refractivity contribution is 6.09. The monoisotopic (exact) mass is 160 g/mol. The van der Waals surface area contributed by atoms with E-state index in [1.807, 2.05) is 6.21 Å². The Balaban J connectivity index is 2.18. The van der Waals surface area contributed by atoms with Gasteiger partial charge in [0, 0.05) is 12.8 Å². The summed E-state index contributed by atoms with van der Waals surface area (Å²) < 4.78 is 0. The molecule has 0 spiro atoms. The summed E-state index contributed by atoms with van der Waals surface area (Å²) in [5, 5.41) is 0. The van der Waals surface area contributed by atoms with Gasteiger partial charge in [0.25, 0.3) is 0 Å². The van der Waals surface area contributed by atoms with Crippen molar-refractivity contribution in [2.45, 2.75) is 19.3 Å². The highest BCUT2D eigenvalue weighted by atomic mass is 14.8. The number of rotatable bonds is 1. The van der Waals surface area contributed by atoms with Gasteiger partial charge in [-0.15, -0.1) is 0 Å². The molecule has 2 nitrogen and oxygen atoms in total. The van der Waals surface area contributed by atoms with E-state index < -0.39 is 0 Å². The van der Waals surface area contributed by atoms with E-state index in [1.54, 1.807) is 0 Å². The summed E-state index contributed by atoms with van der Waals surface area (Å²) in [5.41, 5.74) is 2.11. The predicted octanol–water partition coefficient (Wildman–Crippen LogP) is 2.14. The van der Waals surface area contributed by atoms with E-state index in [9.17, 15) is 0 Å². The van der Waals surface area contributed by atoms with Crippen LogP contribution in [0.3, 0.4) is 0 Å². The Hall–Kier alpha value is -1.18. The van der Waals surface area contributed by atoms with Crippen molar-refractivity contribution in [1.29, 1.82) is 0 Å². The van der Waals surface area contributed by atoms with Crippen molar-refractivity contribution >= 4 is 11.9 Å². The van der Waals surface area contributed by atoms with Crippen LogP contribution in [0.25, 0.3) is 0 Å². The highest BCUT2D eigenvalue weighted by Crippen LogP contribution is 2.12. The molecule has 0 unspecified atom stereocenters. The van der Waals surface area contributed by atoms with Gasteiger partial charge in [-0.1, -0.05) is 12.2 Å². The van der Waals surface area contributed by atoms with Crippen molar-refractivity contribution in [3.05, 3.63) is 23.9 Å². The lowest BCUT2D eigenvalue weighted by Crippen LogP contribution is -2.04. The molecule has 2 heterocycles. The van der Waals surface area contributed by atoms with Gasteiger partial charge in [-0.3, -0.25) is 9.98 Å². The SMILES string of the molecule is C1=CC(C2=CCCC=N2)=NCC1. The lowest BCUT2D eigenvalue weighted by Gasteiger charge is -2.08. The van der Waals surface area contributed by atoms with Gasteiger partial charge in [-0.25, -0.2) is 0 Å². The van der Waals surface area contributed by atoms with Gasteiger partial charge < -0.3 is 0 Å². The van der Waals surface area contributed by atoms with Gasteiger partial charge >= 0.3 is 0 Å². The Labute approximate surface area is 72.4 Å². The molecular formula is C10H12N2. The van der Waals surface area contributed by atoms with Gasteiger partial charge in [0.05, 0.1) is 11.4 Å². The van der Waals surface area contributed by atoms with Crippen LogP contribution in [0.2, 0.25) is 0 Å². The molecule has 0 amide bonds. The van der Waals surface area contributed by atoms with Crippen molar-refractivity contribution in [1.82, 2.24) is 0 Å². The average Bonchev–Trinajstić information content (AvgIpc) is 2.21. The van der Waals surface area contributed by atoms with Gasteiger partial charge in [0.1, 0.15) is 0 Å². The maximum atomic E-state index is 4.40. The molecule has 0 aliphatic carbocycles. The van der Waals surface area contributed by atoms with Crippen molar-refractivity contribution in [2.75, 3.05) is 6.54 Å². The summed E-state index contributed by atoms with van der Waals surface area (Å²) in [5.74, 6) is 0. The molecule has 0 aromatic rings. The standard InChI is InChI=1S/C10H12N2/c1-3-7-11-9(5-1)10-6-2-4-8-12-10/h1,5-6,8H,2-4,7H2. The van der Waals surface area contributed by atoms with E-state index in [0.717, 1.165) is 37.2 Å². The Morgan fingerprint density at radius 1 is 1.17 bits per heavy atom. The van der Waals surface area contributed by atoms with Crippen LogP contribution >= 0.6 is 0 Å². The molecule has 0 bridgehead atoms. The quantitative estimate of drug-likeness (QED) is 0.561. The maximum Gasteiger partial charge on any atom is 0.0837 e. The lowest BCUT2D eigenvalue weighted by molar-refractivity contribution is 0.986. The fourth-order valence-corrected chi connectivity index (χ4v) is 1.35. The Kier molecular flexibility index (Phi) is 2.16. The molecule has 2 aliphatic rings. The van der Waals surface area contributed by atoms with E-state index in [0.29, 0.717) is 0 Å². The first kappa shape index (κ1) is 7.47. The Bertz CT molecular complexity index is 252. The molecule has 2 heteroatoms. The van der Waals surface area contributed by atoms with E-state index in [-0.39, 0.29) is 0 Å². The van der Waals surface area contributed by atoms with Crippen LogP contribution in [0.4, 0.5) is 0 Å². The second kappa shape index (κ2) is 3.48. The third kappa shape index (κ3) is 1.52. The molecule has 0 N–H and O–H groups in total. The average molecular weight is 160 g/mol. The van der Waals surface area contributed by atoms with Crippen molar-refractivity contribution in [3.63, 3.8) is 0 Å². The minimum Gasteiger partial charge on any atom is -0.283 e. The number of nitrogens with zero attached hydrogens (tertiary/aromatic N) is 2. The summed E-state index contributed by atoms with van der Waals surface area (Å²) in [6.45, 7) is 0.915. The minimum atomic E-state index is 0.915. The Morgan fingerprint density at radius 3 is 2.83 bits per heavy atom. The van der Waals surface area contributed by atoms with Gasteiger partial charge in [-0.05, 0) is 25.3 Å². The first-order valence-electron chi connectivity index (χ1n) is 4.41. The summed E-state index contributed by atoms with van der Waals surface area (Å²) in [4.78, 5) is 8.71. The van der Waals surface area contributed by atoms with Crippen LogP contribution in [0.1, 0.15) is 19.3 Å². The van der Waals surface area contributed by atoms with E-state index in [1.165, 1.54) is 0 Å². The summed E-state index contributed by atoms with van der Waals surface area (Å²) in [6.07, 6.45) is 11.6. The number of aliphatic imine (C=N–C) groups is 2. The number of hydrogen-bond donors (Lipinski definition) is 0. The molecule has 12 heavy (non-hydrogen) atoms. The van der Waals surface area contributed by atoms with Crippen LogP contribution in [0.15, 0.2) is 33.9 Å². The molecule has 0 saturated carbocycles. The molecule has 0 aromatic carbocycles. The molecule has 0 radical (unpaired) electrons. The molecule has 62 valence electrons. The largest absolute Gasteiger partial charge is 0.283 e. The zero-order valence-electron chi connectivity index (χ0n) is 7.03. The predicted molar refractivity (Wildman–Crippen MR) is 51.9 cm³/mol. The highest BCUT2D eigenvalue weighted by Gasteiger charge is 2.05. The van der Waals surface area contributed by atoms with Crippen LogP contribution in [0, 0.1) is 0 Å². The zero-order valence-corrected chi connectivity index (χ0v) is 7.03. The zero-order chi connectivity index (χ0) is 8.23. The van der Waals surface area contributed by atoms with Crippen molar-refractivity contribution < 1.29 is 0 Å². The summed E-state index contributed by atoms with van der Waals surface area (Å²) in [6, 6.07) is 0. The lowest BCUT2D eigenvalue weighted by atomic mass is 10.1. The molecular weight excluding hydrogens is 148 g/mol. The topological polar surface area (TPSA) is 24.7 Å². The van der Waals surface area contributed by atoms with E-state index >= 15 is 0 Å². The number of allylic oxidation sites excluding steroid dienone is 2. The first-order valence-corrected chi connectivity index (χ1v) is 4.41. The summed E-state index contributed by atoms with van der Waals surface area (Å²) in [7, 11) is 0. The minimum absolute atomic E-state index is 0.915.